The topological polar surface area (TPSA) is 113 Å². The number of aromatic nitrogens is 1. The highest BCUT2D eigenvalue weighted by Gasteiger charge is 2.33. The van der Waals surface area contributed by atoms with Gasteiger partial charge in [0.1, 0.15) is 24.7 Å². The summed E-state index contributed by atoms with van der Waals surface area (Å²) < 4.78 is 81.7. The molecule has 1 aromatic heterocycles. The molecule has 0 bridgehead atoms. The minimum atomic E-state index is -3.97. The van der Waals surface area contributed by atoms with E-state index in [0.29, 0.717) is 42.9 Å². The van der Waals surface area contributed by atoms with E-state index in [1.165, 1.54) is 4.31 Å². The predicted octanol–water partition coefficient (Wildman–Crippen LogP) is 4.18. The Morgan fingerprint density at radius 2 is 1.87 bits per heavy atom. The van der Waals surface area contributed by atoms with Crippen molar-refractivity contribution in [2.75, 3.05) is 19.6 Å². The molecule has 0 radical (unpaired) electrons. The zero-order valence-electron chi connectivity index (χ0n) is 20.7. The summed E-state index contributed by atoms with van der Waals surface area (Å²) in [7, 11) is -3.97. The van der Waals surface area contributed by atoms with Crippen molar-refractivity contribution in [1.29, 1.82) is 0 Å². The van der Waals surface area contributed by atoms with E-state index in [2.05, 4.69) is 4.98 Å². The summed E-state index contributed by atoms with van der Waals surface area (Å²) in [4.78, 5) is 15.4. The summed E-state index contributed by atoms with van der Waals surface area (Å²) in [5.41, 5.74) is -0.0942. The fourth-order valence-corrected chi connectivity index (χ4v) is 5.69. The highest BCUT2D eigenvalue weighted by atomic mass is 32.2. The van der Waals surface area contributed by atoms with E-state index in [9.17, 15) is 31.5 Å². The summed E-state index contributed by atoms with van der Waals surface area (Å²) in [6.45, 7) is 2.32. The minimum absolute atomic E-state index is 0.161. The van der Waals surface area contributed by atoms with Crippen LogP contribution < -0.4 is 4.74 Å². The van der Waals surface area contributed by atoms with E-state index in [4.69, 9.17) is 9.15 Å². The molecule has 9 nitrogen and oxygen atoms in total. The molecular formula is C25H26F3N3O6S. The number of hydrogen-bond donors (Lipinski definition) is 1. The van der Waals surface area contributed by atoms with Gasteiger partial charge in [0.15, 0.2) is 17.4 Å². The van der Waals surface area contributed by atoms with Gasteiger partial charge in [-0.25, -0.2) is 18.2 Å². The Morgan fingerprint density at radius 3 is 2.55 bits per heavy atom. The second-order valence-electron chi connectivity index (χ2n) is 8.90. The molecule has 38 heavy (non-hydrogen) atoms. The molecule has 4 rings (SSSR count). The summed E-state index contributed by atoms with van der Waals surface area (Å²) >= 11 is 0. The van der Waals surface area contributed by atoms with Gasteiger partial charge in [-0.2, -0.15) is 17.0 Å². The maximum Gasteiger partial charge on any atom is 0.318 e. The molecule has 2 heterocycles. The highest BCUT2D eigenvalue weighted by Crippen LogP contribution is 2.30. The smallest absolute Gasteiger partial charge is 0.318 e. The van der Waals surface area contributed by atoms with Crippen LogP contribution in [0.15, 0.2) is 34.7 Å². The monoisotopic (exact) mass is 553 g/mol. The third-order valence-corrected chi connectivity index (χ3v) is 8.10. The summed E-state index contributed by atoms with van der Waals surface area (Å²) in [6, 6.07) is 7.24. The van der Waals surface area contributed by atoms with Crippen LogP contribution in [0.25, 0.3) is 11.5 Å². The summed E-state index contributed by atoms with van der Waals surface area (Å²) in [5, 5.41) is 9.27. The van der Waals surface area contributed by atoms with Crippen LogP contribution in [0.5, 0.6) is 5.75 Å². The maximum absolute atomic E-state index is 14.4. The standard InChI is InChI=1S/C25H26F3N3O6S/c1-15-20(26)11-19(24(28)23(15)27)25-29-16(2)21(37-25)14-36-18-7-5-6-17(10-18)12-31(13-22(32)33)38(34,35)30-8-3-4-9-30/h5-7,10-11H,3-4,8-9,12-14H2,1-2H3,(H,32,33). The molecule has 0 unspecified atom stereocenters. The van der Waals surface area contributed by atoms with E-state index in [1.807, 2.05) is 0 Å². The van der Waals surface area contributed by atoms with Crippen LogP contribution in [0.2, 0.25) is 0 Å². The lowest BCUT2D eigenvalue weighted by Crippen LogP contribution is -2.44. The van der Waals surface area contributed by atoms with Crippen LogP contribution in [0.3, 0.4) is 0 Å². The van der Waals surface area contributed by atoms with Crippen molar-refractivity contribution in [3.8, 4) is 17.2 Å². The summed E-state index contributed by atoms with van der Waals surface area (Å²) in [6.07, 6.45) is 1.43. The van der Waals surface area contributed by atoms with E-state index in [0.717, 1.165) is 17.3 Å². The Kier molecular flexibility index (Phi) is 8.09. The van der Waals surface area contributed by atoms with E-state index < -0.39 is 51.3 Å². The number of aryl methyl sites for hydroxylation is 1. The first kappa shape index (κ1) is 27.6. The van der Waals surface area contributed by atoms with Gasteiger partial charge in [-0.05, 0) is 50.5 Å². The predicted molar refractivity (Wildman–Crippen MR) is 130 cm³/mol. The highest BCUT2D eigenvalue weighted by molar-refractivity contribution is 7.86. The van der Waals surface area contributed by atoms with Crippen molar-refractivity contribution in [2.24, 2.45) is 0 Å². The first-order valence-corrected chi connectivity index (χ1v) is 13.2. The van der Waals surface area contributed by atoms with E-state index in [1.54, 1.807) is 31.2 Å². The Bertz CT molecular complexity index is 1450. The van der Waals surface area contributed by atoms with Crippen LogP contribution in [0, 0.1) is 31.3 Å². The van der Waals surface area contributed by atoms with Gasteiger partial charge >= 0.3 is 5.97 Å². The van der Waals surface area contributed by atoms with Gasteiger partial charge in [-0.1, -0.05) is 12.1 Å². The number of carboxylic acid groups (broad SMARTS) is 1. The number of halogens is 3. The molecule has 1 aliphatic heterocycles. The van der Waals surface area contributed by atoms with Crippen LogP contribution in [-0.4, -0.2) is 52.7 Å². The lowest BCUT2D eigenvalue weighted by Gasteiger charge is -2.26. The largest absolute Gasteiger partial charge is 0.486 e. The van der Waals surface area contributed by atoms with Gasteiger partial charge in [0.25, 0.3) is 10.2 Å². The number of aliphatic carboxylic acids is 1. The molecular weight excluding hydrogens is 527 g/mol. The number of oxazole rings is 1. The number of rotatable bonds is 10. The molecule has 204 valence electrons. The van der Waals surface area contributed by atoms with Crippen molar-refractivity contribution in [3.05, 3.63) is 70.4 Å². The minimum Gasteiger partial charge on any atom is -0.486 e. The molecule has 2 aromatic carbocycles. The molecule has 1 N–H and O–H groups in total. The molecule has 3 aromatic rings. The SMILES string of the molecule is Cc1nc(-c2cc(F)c(C)c(F)c2F)oc1COc1cccc(CN(CC(=O)O)S(=O)(=O)N2CCCC2)c1. The third-order valence-electron chi connectivity index (χ3n) is 6.17. The first-order chi connectivity index (χ1) is 18.0. The molecule has 1 saturated heterocycles. The normalized spacial score (nSPS) is 14.4. The van der Waals surface area contributed by atoms with E-state index in [-0.39, 0.29) is 24.8 Å². The average Bonchev–Trinajstić information content (AvgIpc) is 3.54. The van der Waals surface area contributed by atoms with Crippen molar-refractivity contribution in [1.82, 2.24) is 13.6 Å². The van der Waals surface area contributed by atoms with Crippen LogP contribution in [0.1, 0.15) is 35.4 Å². The molecule has 0 spiro atoms. The Labute approximate surface area is 217 Å². The molecule has 0 atom stereocenters. The molecule has 0 saturated carbocycles. The quantitative estimate of drug-likeness (QED) is 0.375. The number of carboxylic acids is 1. The van der Waals surface area contributed by atoms with Crippen molar-refractivity contribution in [3.63, 3.8) is 0 Å². The molecule has 13 heteroatoms. The third kappa shape index (κ3) is 5.84. The van der Waals surface area contributed by atoms with Crippen LogP contribution in [-0.2, 0) is 28.2 Å². The lowest BCUT2D eigenvalue weighted by molar-refractivity contribution is -0.137. The fourth-order valence-electron chi connectivity index (χ4n) is 4.06. The average molecular weight is 554 g/mol. The van der Waals surface area contributed by atoms with Crippen molar-refractivity contribution in [2.45, 2.75) is 39.8 Å². The first-order valence-electron chi connectivity index (χ1n) is 11.8. The van der Waals surface area contributed by atoms with Gasteiger partial charge < -0.3 is 14.3 Å². The van der Waals surface area contributed by atoms with Gasteiger partial charge in [0, 0.05) is 25.2 Å². The zero-order chi connectivity index (χ0) is 27.6. The number of nitrogens with zero attached hydrogens (tertiary/aromatic N) is 3. The number of hydrogen-bond acceptors (Lipinski definition) is 6. The number of benzene rings is 2. The van der Waals surface area contributed by atoms with Gasteiger partial charge in [0.2, 0.25) is 5.89 Å². The molecule has 0 aliphatic carbocycles. The van der Waals surface area contributed by atoms with Crippen molar-refractivity contribution < 1.29 is 40.6 Å². The zero-order valence-corrected chi connectivity index (χ0v) is 21.5. The van der Waals surface area contributed by atoms with E-state index >= 15 is 0 Å². The number of carbonyl (C=O) groups is 1. The second kappa shape index (κ2) is 11.1. The molecule has 1 aliphatic rings. The number of ether oxygens (including phenoxy) is 1. The van der Waals surface area contributed by atoms with Crippen LogP contribution >= 0.6 is 0 Å². The van der Waals surface area contributed by atoms with Gasteiger partial charge in [0.05, 0.1) is 11.3 Å². The summed E-state index contributed by atoms with van der Waals surface area (Å²) in [5.74, 6) is -4.60. The maximum atomic E-state index is 14.4. The lowest BCUT2D eigenvalue weighted by atomic mass is 10.1. The Hall–Kier alpha value is -3.42. The molecule has 0 amide bonds. The van der Waals surface area contributed by atoms with Gasteiger partial charge in [-0.3, -0.25) is 4.79 Å². The van der Waals surface area contributed by atoms with Gasteiger partial charge in [-0.15, -0.1) is 0 Å². The fraction of sp³-hybridized carbons (Fsp3) is 0.360. The van der Waals surface area contributed by atoms with Crippen molar-refractivity contribution >= 4 is 16.2 Å². The second-order valence-corrected chi connectivity index (χ2v) is 10.8. The Morgan fingerprint density at radius 1 is 1.16 bits per heavy atom. The Balaban J connectivity index is 1.50. The molecule has 1 fully saturated rings. The van der Waals surface area contributed by atoms with Crippen LogP contribution in [0.4, 0.5) is 13.2 Å².